The number of nitrogens with one attached hydrogen (secondary N) is 1. The van der Waals surface area contributed by atoms with Crippen molar-refractivity contribution in [1.29, 1.82) is 0 Å². The van der Waals surface area contributed by atoms with E-state index in [1.54, 1.807) is 0 Å². The molecule has 58 heavy (non-hydrogen) atoms. The van der Waals surface area contributed by atoms with Crippen molar-refractivity contribution in [3.05, 3.63) is 45.1 Å². The van der Waals surface area contributed by atoms with Crippen molar-refractivity contribution in [3.63, 3.8) is 0 Å². The molecule has 3 atom stereocenters. The zero-order valence-electron chi connectivity index (χ0n) is 30.7. The maximum Gasteiger partial charge on any atom is 0.348 e. The lowest BCUT2D eigenvalue weighted by Gasteiger charge is -2.56. The molecule has 0 radical (unpaired) electrons. The number of nitrogen functional groups attached to an aromatic ring is 1. The number of rotatable bonds is 17. The fourth-order valence-electron chi connectivity index (χ4n) is 7.74. The number of ketones is 1. The van der Waals surface area contributed by atoms with Crippen LogP contribution in [0.25, 0.3) is 0 Å². The van der Waals surface area contributed by atoms with Crippen molar-refractivity contribution in [2.75, 3.05) is 51.3 Å². The average molecular weight is 864 g/mol. The smallest absolute Gasteiger partial charge is 0.348 e. The predicted molar refractivity (Wildman–Crippen MR) is 203 cm³/mol. The molecular formula is C35H38ClN7O13S2. The highest BCUT2D eigenvalue weighted by atomic mass is 35.5. The highest BCUT2D eigenvalue weighted by Gasteiger charge is 2.55. The number of benzene rings is 1. The molecule has 7 N–H and O–H groups in total. The van der Waals surface area contributed by atoms with Gasteiger partial charge >= 0.3 is 11.9 Å². The number of fused-ring (bicyclic) bond motifs is 4. The van der Waals surface area contributed by atoms with E-state index in [4.69, 9.17) is 32.1 Å². The summed E-state index contributed by atoms with van der Waals surface area (Å²) in [6.07, 6.45) is -1.20. The second-order valence-electron chi connectivity index (χ2n) is 14.4. The lowest BCUT2D eigenvalue weighted by Crippen LogP contribution is -2.66. The number of β-lactam (4-membered cyclic amide) rings is 1. The second kappa shape index (κ2) is 16.8. The van der Waals surface area contributed by atoms with Crippen LogP contribution in [0.15, 0.2) is 39.1 Å². The number of aliphatic carboxylic acids is 3. The Hall–Kier alpha value is -5.45. The molecule has 2 bridgehead atoms. The Labute approximate surface area is 342 Å². The number of oxime groups is 2. The van der Waals surface area contributed by atoms with Gasteiger partial charge in [0.05, 0.1) is 54.0 Å². The largest absolute Gasteiger partial charge is 0.543 e. The number of amides is 2. The topological polar surface area (TPSA) is 304 Å². The van der Waals surface area contributed by atoms with Crippen LogP contribution in [0.1, 0.15) is 43.4 Å². The monoisotopic (exact) mass is 863 g/mol. The second-order valence-corrected chi connectivity index (χ2v) is 16.8. The molecule has 20 nitrogen and oxygen atoms in total. The fraction of sp³-hybridized carbons (Fsp3) is 0.457. The van der Waals surface area contributed by atoms with Crippen LogP contribution in [0.5, 0.6) is 11.5 Å². The number of carbonyl (C=O) groups is 6. The summed E-state index contributed by atoms with van der Waals surface area (Å²) in [4.78, 5) is 90.6. The Balaban J connectivity index is 1.11. The molecule has 6 heterocycles. The van der Waals surface area contributed by atoms with Crippen LogP contribution in [0.4, 0.5) is 5.13 Å². The van der Waals surface area contributed by atoms with Gasteiger partial charge in [-0.25, -0.2) is 9.78 Å². The molecule has 2 amide bonds. The van der Waals surface area contributed by atoms with Crippen molar-refractivity contribution in [2.45, 2.75) is 43.6 Å². The van der Waals surface area contributed by atoms with Gasteiger partial charge in [-0.3, -0.25) is 24.1 Å². The standard InChI is InChI=1S/C35H38ClN7O13S2/c1-55-40-25(17-2-3-20(44)28(48)24(17)36)29(49)38-15-35-4-7-43(8-5-35,9-6-35)12-16-13-57-31-18(30(50)42(31)27(16)33(53)54)10-21(45)26(19-14-58-34(37)39-19)41-56-22(32(51)52)11-23(46)47/h2-3,14,18,22,31H,4-13,15H2,1H3,(H7-,37,38,39,40,41,44,45,46,47,48,49,51,52,53,54)/t18-,22+,31-,35?,43?/m1/s1. The highest BCUT2D eigenvalue weighted by molar-refractivity contribution is 8.00. The number of Topliss-reactive ketones (excluding diaryl/α,β-unsaturated/α-hetero) is 1. The number of halogens is 1. The molecule has 310 valence electrons. The third kappa shape index (κ3) is 8.40. The Kier molecular flexibility index (Phi) is 12.2. The normalized spacial score (nSPS) is 24.7. The molecule has 0 spiro atoms. The minimum absolute atomic E-state index is 0.0499. The van der Waals surface area contributed by atoms with E-state index in [1.807, 2.05) is 0 Å². The maximum absolute atomic E-state index is 13.6. The molecule has 23 heteroatoms. The summed E-state index contributed by atoms with van der Waals surface area (Å²) >= 11 is 8.44. The predicted octanol–water partition coefficient (Wildman–Crippen LogP) is 0.101. The number of carboxylic acids is 3. The van der Waals surface area contributed by atoms with E-state index in [0.717, 1.165) is 16.2 Å². The quantitative estimate of drug-likeness (QED) is 0.0404. The molecule has 4 fully saturated rings. The molecule has 1 aromatic heterocycles. The highest BCUT2D eigenvalue weighted by Crippen LogP contribution is 2.48. The van der Waals surface area contributed by atoms with Crippen LogP contribution in [0.2, 0.25) is 5.02 Å². The van der Waals surface area contributed by atoms with Gasteiger partial charge in [0.2, 0.25) is 12.0 Å². The molecule has 2 aromatic rings. The van der Waals surface area contributed by atoms with Gasteiger partial charge < -0.3 is 55.5 Å². The van der Waals surface area contributed by atoms with E-state index >= 15 is 0 Å². The van der Waals surface area contributed by atoms with Gasteiger partial charge in [0.25, 0.3) is 5.91 Å². The van der Waals surface area contributed by atoms with Crippen LogP contribution < -0.4 is 16.2 Å². The molecule has 5 aliphatic heterocycles. The first-order valence-corrected chi connectivity index (χ1v) is 20.1. The Morgan fingerprint density at radius 3 is 2.41 bits per heavy atom. The minimum atomic E-state index is -1.92. The molecule has 0 unspecified atom stereocenters. The Morgan fingerprint density at radius 2 is 1.83 bits per heavy atom. The number of thioether (sulfide) groups is 1. The van der Waals surface area contributed by atoms with Crippen LogP contribution in [0, 0.1) is 11.3 Å². The number of anilines is 1. The van der Waals surface area contributed by atoms with Crippen molar-refractivity contribution in [1.82, 2.24) is 15.2 Å². The van der Waals surface area contributed by atoms with Crippen molar-refractivity contribution in [2.24, 2.45) is 21.6 Å². The van der Waals surface area contributed by atoms with Gasteiger partial charge in [0, 0.05) is 59.9 Å². The third-order valence-electron chi connectivity index (χ3n) is 10.9. The van der Waals surface area contributed by atoms with Crippen LogP contribution in [-0.2, 0) is 38.4 Å². The molecular weight excluding hydrogens is 826 g/mol. The first kappa shape index (κ1) is 42.2. The number of carboxylic acid groups (broad SMARTS) is 3. The number of hydrogen-bond acceptors (Lipinski definition) is 17. The van der Waals surface area contributed by atoms with E-state index in [2.05, 4.69) is 20.6 Å². The summed E-state index contributed by atoms with van der Waals surface area (Å²) in [5.74, 6) is -8.42. The van der Waals surface area contributed by atoms with E-state index in [-0.39, 0.29) is 44.0 Å². The lowest BCUT2D eigenvalue weighted by molar-refractivity contribution is -0.941. The first-order chi connectivity index (χ1) is 27.5. The van der Waals surface area contributed by atoms with Gasteiger partial charge in [-0.05, 0) is 12.1 Å². The first-order valence-electron chi connectivity index (χ1n) is 17.7. The van der Waals surface area contributed by atoms with E-state index in [1.165, 1.54) is 36.4 Å². The minimum Gasteiger partial charge on any atom is -0.543 e. The summed E-state index contributed by atoms with van der Waals surface area (Å²) in [5, 5.41) is 61.6. The number of phenols is 2. The molecule has 5 aliphatic rings. The number of phenolic OH excluding ortho intramolecular Hbond substituents is 2. The van der Waals surface area contributed by atoms with Gasteiger partial charge in [-0.2, -0.15) is 0 Å². The Morgan fingerprint density at radius 1 is 1.14 bits per heavy atom. The lowest BCUT2D eigenvalue weighted by atomic mass is 9.70. The summed E-state index contributed by atoms with van der Waals surface area (Å²) < 4.78 is 0.575. The van der Waals surface area contributed by atoms with E-state index in [0.29, 0.717) is 62.0 Å². The van der Waals surface area contributed by atoms with Crippen LogP contribution >= 0.6 is 34.7 Å². The molecule has 0 saturated carbocycles. The van der Waals surface area contributed by atoms with Gasteiger partial charge in [0.1, 0.15) is 19.3 Å². The number of aromatic nitrogens is 1. The van der Waals surface area contributed by atoms with Crippen molar-refractivity contribution >= 4 is 86.8 Å². The van der Waals surface area contributed by atoms with Gasteiger partial charge in [-0.1, -0.05) is 21.9 Å². The third-order valence-corrected chi connectivity index (χ3v) is 13.4. The molecule has 7 rings (SSSR count). The van der Waals surface area contributed by atoms with Crippen molar-refractivity contribution in [3.8, 4) is 11.5 Å². The molecule has 0 aliphatic carbocycles. The summed E-state index contributed by atoms with van der Waals surface area (Å²) in [5.41, 5.74) is 5.10. The van der Waals surface area contributed by atoms with Gasteiger partial charge in [-0.15, -0.1) is 23.1 Å². The summed E-state index contributed by atoms with van der Waals surface area (Å²) in [6.45, 7) is 2.69. The van der Waals surface area contributed by atoms with Crippen LogP contribution in [0.3, 0.4) is 0 Å². The number of quaternary nitrogens is 1. The van der Waals surface area contributed by atoms with Crippen molar-refractivity contribution < 1.29 is 68.5 Å². The summed E-state index contributed by atoms with van der Waals surface area (Å²) in [7, 11) is 1.25. The average Bonchev–Trinajstić information content (AvgIpc) is 3.62. The number of aromatic hydroxyl groups is 2. The number of nitrogens with two attached hydrogens (primary N) is 1. The number of thiazole rings is 1. The fourth-order valence-corrected chi connectivity index (χ4v) is 9.94. The molecule has 4 saturated heterocycles. The number of carbonyl (C=O) groups excluding carboxylic acids is 4. The van der Waals surface area contributed by atoms with Gasteiger partial charge in [0.15, 0.2) is 33.8 Å². The zero-order valence-corrected chi connectivity index (χ0v) is 33.1. The van der Waals surface area contributed by atoms with E-state index < -0.39 is 83.0 Å². The number of piperidine rings is 3. The zero-order chi connectivity index (χ0) is 42.1. The number of nitrogens with zero attached hydrogens (tertiary/aromatic N) is 5. The van der Waals surface area contributed by atoms with E-state index in [9.17, 15) is 49.2 Å². The number of hydrogen-bond donors (Lipinski definition) is 6. The SMILES string of the molecule is CO/N=C(\C(=O)NCC12CC[N+](CC3=C(C(=O)[O-])N4C(=O)[C@@H](CC(=O)/C(=N\O[C@@H](CC(=O)O)C(=O)O)c5csc(N)n5)[C@H]4SC3)(CC1)CC2)c1ccc(O)c(O)c1Cl. The summed E-state index contributed by atoms with van der Waals surface area (Å²) in [6, 6.07) is 2.52. The maximum atomic E-state index is 13.6. The Bertz CT molecular complexity index is 2130. The molecule has 1 aromatic carbocycles. The van der Waals surface area contributed by atoms with Crippen LogP contribution in [-0.4, -0.2) is 139 Å².